The quantitative estimate of drug-likeness (QED) is 0.537. The zero-order chi connectivity index (χ0) is 15.4. The van der Waals surface area contributed by atoms with Crippen LogP contribution >= 0.6 is 23.2 Å². The van der Waals surface area contributed by atoms with Gasteiger partial charge in [0.2, 0.25) is 0 Å². The fraction of sp³-hybridized carbons (Fsp3) is 0.100. The van der Waals surface area contributed by atoms with Crippen molar-refractivity contribution in [3.63, 3.8) is 0 Å². The molecule has 0 aliphatic heterocycles. The first-order valence-electron chi connectivity index (χ1n) is 7.26. The van der Waals surface area contributed by atoms with Crippen LogP contribution in [0.25, 0.3) is 0 Å². The standard InChI is InChI=1S/C20H16Cl2/c21-19-9-5-15(6-10-19)13-17-3-1-2-4-18(17)14-16-7-11-20(22)12-8-16/h1-12H,13-14H2. The highest BCUT2D eigenvalue weighted by molar-refractivity contribution is 6.30. The molecule has 0 saturated heterocycles. The molecular weight excluding hydrogens is 311 g/mol. The van der Waals surface area contributed by atoms with Gasteiger partial charge < -0.3 is 0 Å². The van der Waals surface area contributed by atoms with Gasteiger partial charge in [-0.15, -0.1) is 0 Å². The Morgan fingerprint density at radius 1 is 0.500 bits per heavy atom. The van der Waals surface area contributed by atoms with Crippen LogP contribution < -0.4 is 0 Å². The van der Waals surface area contributed by atoms with Crippen molar-refractivity contribution in [2.75, 3.05) is 0 Å². The maximum Gasteiger partial charge on any atom is 0.0406 e. The fourth-order valence-electron chi connectivity index (χ4n) is 2.55. The molecule has 0 spiro atoms. The van der Waals surface area contributed by atoms with E-state index < -0.39 is 0 Å². The van der Waals surface area contributed by atoms with Crippen molar-refractivity contribution < 1.29 is 0 Å². The summed E-state index contributed by atoms with van der Waals surface area (Å²) in [5.74, 6) is 0. The molecule has 0 aliphatic rings. The van der Waals surface area contributed by atoms with E-state index in [4.69, 9.17) is 23.2 Å². The third-order valence-electron chi connectivity index (χ3n) is 3.73. The molecule has 3 aromatic rings. The highest BCUT2D eigenvalue weighted by Gasteiger charge is 2.05. The minimum Gasteiger partial charge on any atom is -0.0843 e. The predicted molar refractivity (Wildman–Crippen MR) is 95.0 cm³/mol. The molecule has 0 bridgehead atoms. The van der Waals surface area contributed by atoms with Gasteiger partial charge in [-0.2, -0.15) is 0 Å². The molecule has 110 valence electrons. The Hall–Kier alpha value is -1.76. The monoisotopic (exact) mass is 326 g/mol. The van der Waals surface area contributed by atoms with Gasteiger partial charge in [0.05, 0.1) is 0 Å². The predicted octanol–water partition coefficient (Wildman–Crippen LogP) is 6.18. The summed E-state index contributed by atoms with van der Waals surface area (Å²) < 4.78 is 0. The second-order valence-electron chi connectivity index (χ2n) is 5.38. The SMILES string of the molecule is Clc1ccc(Cc2ccccc2Cc2ccc(Cl)cc2)cc1. The summed E-state index contributed by atoms with van der Waals surface area (Å²) >= 11 is 11.9. The molecule has 2 heteroatoms. The summed E-state index contributed by atoms with van der Waals surface area (Å²) in [6, 6.07) is 24.7. The molecule has 22 heavy (non-hydrogen) atoms. The summed E-state index contributed by atoms with van der Waals surface area (Å²) in [4.78, 5) is 0. The molecule has 0 saturated carbocycles. The van der Waals surface area contributed by atoms with E-state index in [9.17, 15) is 0 Å². The largest absolute Gasteiger partial charge is 0.0843 e. The molecule has 0 fully saturated rings. The molecule has 0 N–H and O–H groups in total. The van der Waals surface area contributed by atoms with Gasteiger partial charge >= 0.3 is 0 Å². The van der Waals surface area contributed by atoms with Crippen molar-refractivity contribution in [1.82, 2.24) is 0 Å². The molecular formula is C20H16Cl2. The third kappa shape index (κ3) is 3.91. The second-order valence-corrected chi connectivity index (χ2v) is 6.25. The van der Waals surface area contributed by atoms with Crippen molar-refractivity contribution in [2.24, 2.45) is 0 Å². The Kier molecular flexibility index (Phi) is 4.82. The topological polar surface area (TPSA) is 0 Å². The van der Waals surface area contributed by atoms with Crippen LogP contribution in [0.1, 0.15) is 22.3 Å². The van der Waals surface area contributed by atoms with Crippen LogP contribution in [0.2, 0.25) is 10.0 Å². The average Bonchev–Trinajstić information content (AvgIpc) is 2.54. The Bertz CT molecular complexity index is 677. The zero-order valence-electron chi connectivity index (χ0n) is 12.1. The summed E-state index contributed by atoms with van der Waals surface area (Å²) in [7, 11) is 0. The molecule has 3 rings (SSSR count). The molecule has 0 aliphatic carbocycles. The van der Waals surface area contributed by atoms with Gasteiger partial charge in [0.1, 0.15) is 0 Å². The van der Waals surface area contributed by atoms with E-state index in [0.29, 0.717) is 0 Å². The highest BCUT2D eigenvalue weighted by Crippen LogP contribution is 2.20. The Labute approximate surface area is 141 Å². The van der Waals surface area contributed by atoms with Gasteiger partial charge in [0, 0.05) is 10.0 Å². The van der Waals surface area contributed by atoms with Gasteiger partial charge in [0.15, 0.2) is 0 Å². The number of halogens is 2. The minimum atomic E-state index is 0.776. The van der Waals surface area contributed by atoms with Crippen LogP contribution in [0.3, 0.4) is 0 Å². The Balaban J connectivity index is 1.83. The minimum absolute atomic E-state index is 0.776. The normalized spacial score (nSPS) is 10.6. The van der Waals surface area contributed by atoms with Crippen molar-refractivity contribution in [1.29, 1.82) is 0 Å². The van der Waals surface area contributed by atoms with Gasteiger partial charge in [-0.05, 0) is 59.4 Å². The van der Waals surface area contributed by atoms with Crippen LogP contribution in [0.4, 0.5) is 0 Å². The zero-order valence-corrected chi connectivity index (χ0v) is 13.6. The van der Waals surface area contributed by atoms with E-state index in [1.54, 1.807) is 0 Å². The summed E-state index contributed by atoms with van der Waals surface area (Å²) in [6.45, 7) is 0. The summed E-state index contributed by atoms with van der Waals surface area (Å²) in [6.07, 6.45) is 1.84. The van der Waals surface area contributed by atoms with Gasteiger partial charge in [-0.3, -0.25) is 0 Å². The number of rotatable bonds is 4. The molecule has 0 aromatic heterocycles. The summed E-state index contributed by atoms with van der Waals surface area (Å²) in [5, 5.41) is 1.55. The second kappa shape index (κ2) is 7.00. The van der Waals surface area contributed by atoms with E-state index in [0.717, 1.165) is 22.9 Å². The molecule has 3 aromatic carbocycles. The van der Waals surface area contributed by atoms with E-state index >= 15 is 0 Å². The van der Waals surface area contributed by atoms with Crippen LogP contribution in [0, 0.1) is 0 Å². The Morgan fingerprint density at radius 3 is 1.23 bits per heavy atom. The van der Waals surface area contributed by atoms with Gasteiger partial charge in [0.25, 0.3) is 0 Å². The lowest BCUT2D eigenvalue weighted by atomic mass is 9.95. The lowest BCUT2D eigenvalue weighted by Gasteiger charge is -2.10. The van der Waals surface area contributed by atoms with Gasteiger partial charge in [-0.25, -0.2) is 0 Å². The molecule has 0 unspecified atom stereocenters. The first kappa shape index (κ1) is 15.1. The van der Waals surface area contributed by atoms with E-state index in [2.05, 4.69) is 48.5 Å². The number of benzene rings is 3. The molecule has 0 radical (unpaired) electrons. The first-order chi connectivity index (χ1) is 10.7. The van der Waals surface area contributed by atoms with E-state index in [1.807, 2.05) is 24.3 Å². The molecule has 0 nitrogen and oxygen atoms in total. The lowest BCUT2D eigenvalue weighted by molar-refractivity contribution is 1.09. The van der Waals surface area contributed by atoms with Crippen LogP contribution in [0.15, 0.2) is 72.8 Å². The molecule has 0 heterocycles. The van der Waals surface area contributed by atoms with Crippen molar-refractivity contribution in [2.45, 2.75) is 12.8 Å². The lowest BCUT2D eigenvalue weighted by Crippen LogP contribution is -1.97. The number of hydrogen-bond acceptors (Lipinski definition) is 0. The van der Waals surface area contributed by atoms with Crippen LogP contribution in [0.5, 0.6) is 0 Å². The van der Waals surface area contributed by atoms with E-state index in [-0.39, 0.29) is 0 Å². The smallest absolute Gasteiger partial charge is 0.0406 e. The van der Waals surface area contributed by atoms with E-state index in [1.165, 1.54) is 22.3 Å². The fourth-order valence-corrected chi connectivity index (χ4v) is 2.80. The summed E-state index contributed by atoms with van der Waals surface area (Å²) in [5.41, 5.74) is 5.24. The molecule has 0 amide bonds. The number of hydrogen-bond donors (Lipinski definition) is 0. The maximum atomic E-state index is 5.96. The van der Waals surface area contributed by atoms with Crippen LogP contribution in [-0.2, 0) is 12.8 Å². The Morgan fingerprint density at radius 2 is 0.864 bits per heavy atom. The van der Waals surface area contributed by atoms with Gasteiger partial charge in [-0.1, -0.05) is 71.7 Å². The highest BCUT2D eigenvalue weighted by atomic mass is 35.5. The molecule has 0 atom stereocenters. The maximum absolute atomic E-state index is 5.96. The van der Waals surface area contributed by atoms with Crippen molar-refractivity contribution in [3.05, 3.63) is 105 Å². The van der Waals surface area contributed by atoms with Crippen molar-refractivity contribution >= 4 is 23.2 Å². The first-order valence-corrected chi connectivity index (χ1v) is 8.02. The third-order valence-corrected chi connectivity index (χ3v) is 4.24. The van der Waals surface area contributed by atoms with Crippen LogP contribution in [-0.4, -0.2) is 0 Å². The average molecular weight is 327 g/mol. The van der Waals surface area contributed by atoms with Crippen molar-refractivity contribution in [3.8, 4) is 0 Å².